The van der Waals surface area contributed by atoms with E-state index in [1.807, 2.05) is 24.3 Å². The maximum absolute atomic E-state index is 12.2. The zero-order valence-electron chi connectivity index (χ0n) is 12.8. The molecule has 2 aromatic carbocycles. The monoisotopic (exact) mass is 309 g/mol. The second-order valence-corrected chi connectivity index (χ2v) is 4.98. The highest BCUT2D eigenvalue weighted by molar-refractivity contribution is 6.07. The smallest absolute Gasteiger partial charge is 0.185 e. The third-order valence-electron chi connectivity index (χ3n) is 3.29. The molecule has 23 heavy (non-hydrogen) atoms. The molecule has 0 aromatic heterocycles. The van der Waals surface area contributed by atoms with Crippen molar-refractivity contribution in [1.29, 1.82) is 0 Å². The Balaban J connectivity index is 2.05. The first-order chi connectivity index (χ1) is 11.1. The van der Waals surface area contributed by atoms with Crippen LogP contribution >= 0.6 is 0 Å². The Kier molecular flexibility index (Phi) is 5.69. The number of carbonyl (C=O) groups is 2. The summed E-state index contributed by atoms with van der Waals surface area (Å²) in [5.41, 5.74) is 2.62. The first-order valence-corrected chi connectivity index (χ1v) is 7.32. The molecule has 0 amide bonds. The number of carboxylic acids is 1. The molecule has 0 heterocycles. The van der Waals surface area contributed by atoms with Gasteiger partial charge in [-0.25, -0.2) is 0 Å². The summed E-state index contributed by atoms with van der Waals surface area (Å²) in [7, 11) is 0. The number of benzene rings is 2. The van der Waals surface area contributed by atoms with E-state index in [-0.39, 0.29) is 5.78 Å². The van der Waals surface area contributed by atoms with Gasteiger partial charge in [-0.3, -0.25) is 4.79 Å². The average molecular weight is 309 g/mol. The molecule has 0 spiro atoms. The minimum Gasteiger partial charge on any atom is -0.546 e. The van der Waals surface area contributed by atoms with Crippen LogP contribution in [0.4, 0.5) is 0 Å². The largest absolute Gasteiger partial charge is 0.546 e. The maximum atomic E-state index is 12.2. The van der Waals surface area contributed by atoms with Gasteiger partial charge in [-0.15, -0.1) is 0 Å². The van der Waals surface area contributed by atoms with E-state index in [0.29, 0.717) is 11.3 Å². The number of hydrogen-bond donors (Lipinski definition) is 0. The minimum atomic E-state index is -1.31. The van der Waals surface area contributed by atoms with Gasteiger partial charge in [0.2, 0.25) is 0 Å². The summed E-state index contributed by atoms with van der Waals surface area (Å²) in [5.74, 6) is -1.17. The zero-order chi connectivity index (χ0) is 16.7. The molecule has 0 aliphatic carbocycles. The Labute approximate surface area is 135 Å². The number of aliphatic carboxylic acids is 1. The molecular weight excluding hydrogens is 292 g/mol. The molecule has 0 radical (unpaired) electrons. The van der Waals surface area contributed by atoms with E-state index in [0.717, 1.165) is 12.0 Å². The van der Waals surface area contributed by atoms with Gasteiger partial charge < -0.3 is 14.6 Å². The summed E-state index contributed by atoms with van der Waals surface area (Å²) in [6, 6.07) is 14.4. The fourth-order valence-electron chi connectivity index (χ4n) is 2.01. The standard InChI is InChI=1S/C19H18O4/c1-2-14-6-8-15(9-7-14)10-11-18(20)16-4-3-5-17(12-16)23-13-19(21)22/h3-12H,2,13H2,1H3,(H,21,22)/p-1/b11-10+. The molecule has 0 N–H and O–H groups in total. The summed E-state index contributed by atoms with van der Waals surface area (Å²) in [4.78, 5) is 22.5. The van der Waals surface area contributed by atoms with E-state index < -0.39 is 12.6 Å². The van der Waals surface area contributed by atoms with Gasteiger partial charge >= 0.3 is 0 Å². The fourth-order valence-corrected chi connectivity index (χ4v) is 2.01. The van der Waals surface area contributed by atoms with Crippen LogP contribution in [0.25, 0.3) is 6.08 Å². The van der Waals surface area contributed by atoms with Gasteiger partial charge in [0.15, 0.2) is 5.78 Å². The van der Waals surface area contributed by atoms with Gasteiger partial charge in [0.05, 0.1) is 5.97 Å². The van der Waals surface area contributed by atoms with Crippen LogP contribution < -0.4 is 9.84 Å². The van der Waals surface area contributed by atoms with Gasteiger partial charge in [-0.1, -0.05) is 49.4 Å². The summed E-state index contributed by atoms with van der Waals surface area (Å²) in [5, 5.41) is 10.4. The number of carbonyl (C=O) groups excluding carboxylic acids is 2. The lowest BCUT2D eigenvalue weighted by atomic mass is 10.1. The molecule has 0 saturated carbocycles. The summed E-state index contributed by atoms with van der Waals surface area (Å²) >= 11 is 0. The maximum Gasteiger partial charge on any atom is 0.185 e. The van der Waals surface area contributed by atoms with Crippen LogP contribution in [-0.4, -0.2) is 18.4 Å². The quantitative estimate of drug-likeness (QED) is 0.581. The molecular formula is C19H17O4-. The van der Waals surface area contributed by atoms with Gasteiger partial charge in [-0.05, 0) is 35.8 Å². The average Bonchev–Trinajstić information content (AvgIpc) is 2.58. The lowest BCUT2D eigenvalue weighted by Crippen LogP contribution is -2.28. The Morgan fingerprint density at radius 2 is 1.87 bits per heavy atom. The number of aryl methyl sites for hydroxylation is 1. The topological polar surface area (TPSA) is 66.4 Å². The molecule has 0 unspecified atom stereocenters. The molecule has 2 rings (SSSR count). The number of ether oxygens (including phenoxy) is 1. The lowest BCUT2D eigenvalue weighted by molar-refractivity contribution is -0.307. The van der Waals surface area contributed by atoms with Crippen LogP contribution in [0.2, 0.25) is 0 Å². The number of carboxylic acid groups (broad SMARTS) is 1. The molecule has 118 valence electrons. The van der Waals surface area contributed by atoms with Crippen molar-refractivity contribution in [3.05, 3.63) is 71.3 Å². The Morgan fingerprint density at radius 1 is 1.13 bits per heavy atom. The van der Waals surface area contributed by atoms with Crippen LogP contribution in [0.15, 0.2) is 54.6 Å². The number of hydrogen-bond acceptors (Lipinski definition) is 4. The Morgan fingerprint density at radius 3 is 2.52 bits per heavy atom. The van der Waals surface area contributed by atoms with Gasteiger partial charge in [0.25, 0.3) is 0 Å². The first-order valence-electron chi connectivity index (χ1n) is 7.32. The fraction of sp³-hybridized carbons (Fsp3) is 0.158. The second-order valence-electron chi connectivity index (χ2n) is 4.98. The predicted molar refractivity (Wildman–Crippen MR) is 86.1 cm³/mol. The predicted octanol–water partition coefficient (Wildman–Crippen LogP) is 2.27. The third-order valence-corrected chi connectivity index (χ3v) is 3.29. The summed E-state index contributed by atoms with van der Waals surface area (Å²) in [6.07, 6.45) is 4.21. The number of allylic oxidation sites excluding steroid dienone is 1. The van der Waals surface area contributed by atoms with Crippen LogP contribution in [0.5, 0.6) is 5.75 Å². The van der Waals surface area contributed by atoms with E-state index in [4.69, 9.17) is 4.74 Å². The van der Waals surface area contributed by atoms with Crippen LogP contribution in [-0.2, 0) is 11.2 Å². The third kappa shape index (κ3) is 5.11. The Bertz CT molecular complexity index is 714. The van der Waals surface area contributed by atoms with Crippen LogP contribution in [0.1, 0.15) is 28.4 Å². The van der Waals surface area contributed by atoms with Gasteiger partial charge in [-0.2, -0.15) is 0 Å². The van der Waals surface area contributed by atoms with Crippen molar-refractivity contribution in [1.82, 2.24) is 0 Å². The van der Waals surface area contributed by atoms with Crippen LogP contribution in [0, 0.1) is 0 Å². The molecule has 2 aromatic rings. The van der Waals surface area contributed by atoms with Crippen molar-refractivity contribution in [3.8, 4) is 5.75 Å². The SMILES string of the molecule is CCc1ccc(/C=C/C(=O)c2cccc(OCC(=O)[O-])c2)cc1. The van der Waals surface area contributed by atoms with Crippen molar-refractivity contribution in [3.63, 3.8) is 0 Å². The van der Waals surface area contributed by atoms with Crippen molar-refractivity contribution in [2.45, 2.75) is 13.3 Å². The van der Waals surface area contributed by atoms with Gasteiger partial charge in [0.1, 0.15) is 12.4 Å². The normalized spacial score (nSPS) is 10.7. The first kappa shape index (κ1) is 16.5. The highest BCUT2D eigenvalue weighted by atomic mass is 16.5. The second kappa shape index (κ2) is 7.94. The molecule has 0 saturated heterocycles. The summed E-state index contributed by atoms with van der Waals surface area (Å²) < 4.78 is 5.01. The number of rotatable bonds is 7. The highest BCUT2D eigenvalue weighted by Crippen LogP contribution is 2.15. The molecule has 4 heteroatoms. The van der Waals surface area contributed by atoms with E-state index in [1.165, 1.54) is 17.7 Å². The minimum absolute atomic E-state index is 0.177. The van der Waals surface area contributed by atoms with E-state index in [1.54, 1.807) is 24.3 Å². The molecule has 0 atom stereocenters. The lowest BCUT2D eigenvalue weighted by Gasteiger charge is -2.07. The highest BCUT2D eigenvalue weighted by Gasteiger charge is 2.04. The molecule has 4 nitrogen and oxygen atoms in total. The van der Waals surface area contributed by atoms with Crippen molar-refractivity contribution in [2.24, 2.45) is 0 Å². The van der Waals surface area contributed by atoms with E-state index in [9.17, 15) is 14.7 Å². The molecule has 0 bridgehead atoms. The molecule has 0 aliphatic rings. The molecule has 0 aliphatic heterocycles. The van der Waals surface area contributed by atoms with E-state index >= 15 is 0 Å². The van der Waals surface area contributed by atoms with Crippen molar-refractivity contribution >= 4 is 17.8 Å². The van der Waals surface area contributed by atoms with Gasteiger partial charge in [0, 0.05) is 5.56 Å². The zero-order valence-corrected chi connectivity index (χ0v) is 12.8. The van der Waals surface area contributed by atoms with Crippen molar-refractivity contribution < 1.29 is 19.4 Å². The van der Waals surface area contributed by atoms with E-state index in [2.05, 4.69) is 6.92 Å². The van der Waals surface area contributed by atoms with Crippen molar-refractivity contribution in [2.75, 3.05) is 6.61 Å². The van der Waals surface area contributed by atoms with Crippen LogP contribution in [0.3, 0.4) is 0 Å². The molecule has 0 fully saturated rings. The number of ketones is 1. The summed E-state index contributed by atoms with van der Waals surface area (Å²) in [6.45, 7) is 1.54. The Hall–Kier alpha value is -2.88.